The zero-order valence-corrected chi connectivity index (χ0v) is 46.0. The van der Waals surface area contributed by atoms with Gasteiger partial charge in [-0.3, -0.25) is 23.4 Å². The van der Waals surface area contributed by atoms with Gasteiger partial charge in [-0.1, -0.05) is 194 Å². The highest BCUT2D eigenvalue weighted by Crippen LogP contribution is 2.43. The minimum atomic E-state index is -4.77. The van der Waals surface area contributed by atoms with Gasteiger partial charge < -0.3 is 24.2 Å². The molecule has 0 saturated carbocycles. The van der Waals surface area contributed by atoms with Crippen LogP contribution in [-0.4, -0.2) is 66.5 Å². The van der Waals surface area contributed by atoms with Crippen molar-refractivity contribution in [2.45, 2.75) is 226 Å². The molecule has 3 unspecified atom stereocenters. The summed E-state index contributed by atoms with van der Waals surface area (Å²) in [7, 11) is -4.77. The van der Waals surface area contributed by atoms with Gasteiger partial charge in [0.15, 0.2) is 6.10 Å². The quantitative estimate of drug-likeness (QED) is 0.0197. The molecular formula is C60H99O11P. The Balaban J connectivity index is 4.78. The van der Waals surface area contributed by atoms with E-state index < -0.39 is 57.8 Å². The number of allylic oxidation sites excluding steroid dienone is 18. The summed E-state index contributed by atoms with van der Waals surface area (Å²) in [6, 6.07) is 0. The van der Waals surface area contributed by atoms with E-state index in [4.69, 9.17) is 23.3 Å². The number of phosphoric acid groups is 1. The van der Waals surface area contributed by atoms with Crippen LogP contribution in [0.2, 0.25) is 0 Å². The van der Waals surface area contributed by atoms with Crippen LogP contribution in [0, 0.1) is 0 Å². The molecule has 0 spiro atoms. The topological polar surface area (TPSA) is 155 Å². The van der Waals surface area contributed by atoms with Crippen molar-refractivity contribution >= 4 is 25.7 Å². The minimum Gasteiger partial charge on any atom is -0.462 e. The van der Waals surface area contributed by atoms with Gasteiger partial charge in [0.25, 0.3) is 0 Å². The fourth-order valence-electron chi connectivity index (χ4n) is 6.97. The number of hydrogen-bond donors (Lipinski definition) is 2. The summed E-state index contributed by atoms with van der Waals surface area (Å²) in [5, 5.41) is 9.81. The summed E-state index contributed by atoms with van der Waals surface area (Å²) in [4.78, 5) is 48.4. The first-order valence-electron chi connectivity index (χ1n) is 27.8. The van der Waals surface area contributed by atoms with E-state index in [2.05, 4.69) is 118 Å². The molecule has 0 aromatic heterocycles. The van der Waals surface area contributed by atoms with Crippen molar-refractivity contribution in [2.75, 3.05) is 26.4 Å². The van der Waals surface area contributed by atoms with E-state index >= 15 is 0 Å². The Morgan fingerprint density at radius 1 is 0.403 bits per heavy atom. The molecule has 0 heterocycles. The molecule has 0 aromatic carbocycles. The Morgan fingerprint density at radius 3 is 1.18 bits per heavy atom. The Kier molecular flexibility index (Phi) is 50.6. The van der Waals surface area contributed by atoms with E-state index in [1.54, 1.807) is 0 Å². The molecule has 0 rings (SSSR count). The largest absolute Gasteiger partial charge is 0.472 e. The molecular weight excluding hydrogens is 928 g/mol. The smallest absolute Gasteiger partial charge is 0.462 e. The minimum absolute atomic E-state index is 0.0822. The van der Waals surface area contributed by atoms with Gasteiger partial charge in [-0.25, -0.2) is 4.57 Å². The molecule has 0 aliphatic carbocycles. The molecule has 3 atom stereocenters. The average Bonchev–Trinajstić information content (AvgIpc) is 3.37. The van der Waals surface area contributed by atoms with Crippen LogP contribution in [0.1, 0.15) is 213 Å². The zero-order valence-electron chi connectivity index (χ0n) is 45.1. The van der Waals surface area contributed by atoms with Crippen molar-refractivity contribution in [3.05, 3.63) is 109 Å². The lowest BCUT2D eigenvalue weighted by atomic mass is 10.1. The Morgan fingerprint density at radius 2 is 0.736 bits per heavy atom. The van der Waals surface area contributed by atoms with Crippen molar-refractivity contribution in [3.63, 3.8) is 0 Å². The number of esters is 3. The predicted octanol–water partition coefficient (Wildman–Crippen LogP) is 16.2. The Bertz CT molecular complexity index is 1620. The molecule has 0 fully saturated rings. The molecule has 0 aliphatic rings. The van der Waals surface area contributed by atoms with Crippen LogP contribution >= 0.6 is 7.82 Å². The van der Waals surface area contributed by atoms with Crippen LogP contribution in [-0.2, 0) is 42.2 Å². The molecule has 0 bridgehead atoms. The summed E-state index contributed by atoms with van der Waals surface area (Å²) in [5.74, 6) is -1.57. The van der Waals surface area contributed by atoms with Gasteiger partial charge >= 0.3 is 25.7 Å². The summed E-state index contributed by atoms with van der Waals surface area (Å²) < 4.78 is 39.4. The number of phosphoric ester groups is 1. The second-order valence-corrected chi connectivity index (χ2v) is 19.4. The van der Waals surface area contributed by atoms with E-state index in [-0.39, 0.29) is 25.9 Å². The Hall–Kier alpha value is -3.86. The first-order valence-corrected chi connectivity index (χ1v) is 29.3. The molecule has 0 amide bonds. The van der Waals surface area contributed by atoms with Gasteiger partial charge in [-0.05, 0) is 109 Å². The normalized spacial score (nSPS) is 14.2. The lowest BCUT2D eigenvalue weighted by Gasteiger charge is -2.21. The van der Waals surface area contributed by atoms with Crippen LogP contribution in [0.15, 0.2) is 109 Å². The van der Waals surface area contributed by atoms with Crippen molar-refractivity contribution in [3.8, 4) is 0 Å². The van der Waals surface area contributed by atoms with E-state index in [9.17, 15) is 28.9 Å². The van der Waals surface area contributed by atoms with Crippen molar-refractivity contribution in [2.24, 2.45) is 0 Å². The number of aliphatic hydroxyl groups is 1. The maximum absolute atomic E-state index is 12.9. The van der Waals surface area contributed by atoms with E-state index in [1.165, 1.54) is 19.3 Å². The standard InChI is InChI=1S/C60H99O11P/c1-4-7-10-13-16-19-22-24-26-28-30-32-35-38-41-44-47-50-59(63)70-56(52-61)54-68-72(65,66)69-55-57(53-67-58(62)49-46-43-40-37-34-21-18-15-12-9-6-3)71-60(64)51-48-45-42-39-36-33-31-29-27-25-23-20-17-14-11-8-5-2/h7-8,10-11,15-20,24-27,31,33,39,42,56-57,61H,4-6,9,12-14,21-23,28-30,32,34-38,40-41,43-55H2,1-3H3,(H,65,66)/b10-7-,11-8-,18-15-,19-16-,20-17-,26-24-,27-25-,33-31-,42-39-. The highest BCUT2D eigenvalue weighted by molar-refractivity contribution is 7.47. The highest BCUT2D eigenvalue weighted by Gasteiger charge is 2.28. The summed E-state index contributed by atoms with van der Waals surface area (Å²) in [5.41, 5.74) is 0. The molecule has 410 valence electrons. The van der Waals surface area contributed by atoms with Crippen LogP contribution in [0.3, 0.4) is 0 Å². The second-order valence-electron chi connectivity index (χ2n) is 18.0. The summed E-state index contributed by atoms with van der Waals surface area (Å²) >= 11 is 0. The number of aliphatic hydroxyl groups excluding tert-OH is 1. The van der Waals surface area contributed by atoms with Gasteiger partial charge in [0.1, 0.15) is 12.7 Å². The van der Waals surface area contributed by atoms with Gasteiger partial charge in [-0.2, -0.15) is 0 Å². The molecule has 12 heteroatoms. The average molecular weight is 1030 g/mol. The summed E-state index contributed by atoms with van der Waals surface area (Å²) in [6.07, 6.45) is 63.5. The number of carbonyl (C=O) groups excluding carboxylic acids is 3. The van der Waals surface area contributed by atoms with Crippen molar-refractivity contribution in [1.82, 2.24) is 0 Å². The second kappa shape index (κ2) is 53.4. The third kappa shape index (κ3) is 51.1. The van der Waals surface area contributed by atoms with Gasteiger partial charge in [0.2, 0.25) is 0 Å². The number of carbonyl (C=O) groups is 3. The van der Waals surface area contributed by atoms with Crippen LogP contribution in [0.4, 0.5) is 0 Å². The van der Waals surface area contributed by atoms with Crippen molar-refractivity contribution in [1.29, 1.82) is 0 Å². The number of rotatable bonds is 50. The van der Waals surface area contributed by atoms with E-state index in [0.717, 1.165) is 128 Å². The molecule has 0 aromatic rings. The first kappa shape index (κ1) is 68.1. The highest BCUT2D eigenvalue weighted by atomic mass is 31.2. The number of hydrogen-bond acceptors (Lipinski definition) is 10. The van der Waals surface area contributed by atoms with E-state index in [0.29, 0.717) is 25.7 Å². The van der Waals surface area contributed by atoms with Crippen LogP contribution in [0.5, 0.6) is 0 Å². The Labute approximate surface area is 437 Å². The molecule has 0 saturated heterocycles. The zero-order chi connectivity index (χ0) is 52.7. The lowest BCUT2D eigenvalue weighted by molar-refractivity contribution is -0.161. The molecule has 11 nitrogen and oxygen atoms in total. The van der Waals surface area contributed by atoms with Crippen LogP contribution in [0.25, 0.3) is 0 Å². The van der Waals surface area contributed by atoms with Gasteiger partial charge in [0.05, 0.1) is 19.8 Å². The molecule has 2 N–H and O–H groups in total. The molecule has 0 aliphatic heterocycles. The van der Waals surface area contributed by atoms with Crippen molar-refractivity contribution < 1.29 is 52.2 Å². The maximum Gasteiger partial charge on any atom is 0.472 e. The fourth-order valence-corrected chi connectivity index (χ4v) is 7.76. The maximum atomic E-state index is 12.9. The first-order chi connectivity index (χ1) is 35.2. The predicted molar refractivity (Wildman–Crippen MR) is 297 cm³/mol. The SMILES string of the molecule is CC/C=C\C/C=C\C/C=C\C/C=C\C/C=C\CCCC(=O)OC(COC(=O)CCCCCCC/C=C\CCCC)COP(=O)(O)OCC(CO)OC(=O)CCCCCCCCC/C=C\C/C=C\C/C=C\CC. The summed E-state index contributed by atoms with van der Waals surface area (Å²) in [6.45, 7) is 4.28. The molecule has 0 radical (unpaired) electrons. The van der Waals surface area contributed by atoms with Gasteiger partial charge in [0, 0.05) is 19.3 Å². The third-order valence-corrected chi connectivity index (χ3v) is 12.1. The van der Waals surface area contributed by atoms with Gasteiger partial charge in [-0.15, -0.1) is 0 Å². The molecule has 72 heavy (non-hydrogen) atoms. The van der Waals surface area contributed by atoms with Crippen LogP contribution < -0.4 is 0 Å². The fraction of sp³-hybridized carbons (Fsp3) is 0.650. The lowest BCUT2D eigenvalue weighted by Crippen LogP contribution is -2.30. The third-order valence-electron chi connectivity index (χ3n) is 11.2. The number of ether oxygens (including phenoxy) is 3. The number of unbranched alkanes of at least 4 members (excludes halogenated alkanes) is 15. The van der Waals surface area contributed by atoms with E-state index in [1.807, 2.05) is 12.2 Å². The monoisotopic (exact) mass is 1030 g/mol.